The normalized spacial score (nSPS) is 10.3. The Morgan fingerprint density at radius 2 is 1.89 bits per heavy atom. The van der Waals surface area contributed by atoms with E-state index < -0.39 is 5.97 Å². The van der Waals surface area contributed by atoms with Crippen LogP contribution in [0.5, 0.6) is 5.75 Å². The van der Waals surface area contributed by atoms with Gasteiger partial charge in [0.1, 0.15) is 5.75 Å². The molecular weight excluding hydrogens is 352 g/mol. The molecule has 0 amide bonds. The number of ether oxygens (including phenoxy) is 1. The topological polar surface area (TPSA) is 115 Å². The number of H-pyrrole nitrogens is 1. The molecule has 136 valence electrons. The summed E-state index contributed by atoms with van der Waals surface area (Å²) in [5.41, 5.74) is 2.08. The summed E-state index contributed by atoms with van der Waals surface area (Å²) in [7, 11) is 0. The average molecular weight is 366 g/mol. The molecule has 0 aliphatic rings. The molecule has 4 heterocycles. The van der Waals surface area contributed by atoms with Gasteiger partial charge in [-0.3, -0.25) is 23.7 Å². The molecule has 4 rings (SSSR count). The molecule has 0 bridgehead atoms. The summed E-state index contributed by atoms with van der Waals surface area (Å²) >= 11 is 0. The van der Waals surface area contributed by atoms with Crippen molar-refractivity contribution in [3.8, 4) is 5.75 Å². The number of hydrogen-bond donors (Lipinski definition) is 1. The minimum Gasteiger partial charge on any atom is -0.427 e. The minimum absolute atomic E-state index is 0.0994. The summed E-state index contributed by atoms with van der Waals surface area (Å²) in [6.45, 7) is 1.32. The number of rotatable bonds is 3. The maximum absolute atomic E-state index is 10.9. The van der Waals surface area contributed by atoms with E-state index in [9.17, 15) is 19.2 Å². The lowest BCUT2D eigenvalue weighted by atomic mass is 10.3. The van der Waals surface area contributed by atoms with Gasteiger partial charge < -0.3 is 9.84 Å². The van der Waals surface area contributed by atoms with Gasteiger partial charge in [0.05, 0.1) is 28.4 Å². The van der Waals surface area contributed by atoms with Crippen LogP contribution in [0.2, 0.25) is 0 Å². The van der Waals surface area contributed by atoms with Gasteiger partial charge in [0.2, 0.25) is 0 Å². The zero-order valence-electron chi connectivity index (χ0n) is 14.2. The highest BCUT2D eigenvalue weighted by atomic mass is 16.5. The van der Waals surface area contributed by atoms with Crippen LogP contribution < -0.4 is 10.2 Å². The Morgan fingerprint density at radius 3 is 2.59 bits per heavy atom. The molecular formula is C18H14N4O5. The quantitative estimate of drug-likeness (QED) is 0.434. The fourth-order valence-corrected chi connectivity index (χ4v) is 2.42. The third-order valence-corrected chi connectivity index (χ3v) is 3.62. The lowest BCUT2D eigenvalue weighted by Crippen LogP contribution is -2.01. The highest BCUT2D eigenvalue weighted by Gasteiger charge is 2.05. The third kappa shape index (κ3) is 3.82. The van der Waals surface area contributed by atoms with E-state index in [1.165, 1.54) is 29.8 Å². The van der Waals surface area contributed by atoms with Crippen molar-refractivity contribution >= 4 is 29.6 Å². The minimum atomic E-state index is -0.397. The molecule has 0 saturated heterocycles. The van der Waals surface area contributed by atoms with Crippen molar-refractivity contribution in [1.29, 1.82) is 0 Å². The van der Waals surface area contributed by atoms with Gasteiger partial charge in [0.15, 0.2) is 18.0 Å². The molecule has 9 heteroatoms. The molecule has 4 aromatic rings. The van der Waals surface area contributed by atoms with Gasteiger partial charge >= 0.3 is 5.97 Å². The molecule has 0 fully saturated rings. The first-order valence-electron chi connectivity index (χ1n) is 7.78. The number of fused-ring (bicyclic) bond motifs is 2. The number of aromatic nitrogens is 4. The van der Waals surface area contributed by atoms with E-state index >= 15 is 0 Å². The molecule has 0 radical (unpaired) electrons. The maximum Gasteiger partial charge on any atom is 0.308 e. The number of carbonyl (C=O) groups excluding carboxylic acids is 3. The number of aromatic amines is 1. The predicted molar refractivity (Wildman–Crippen MR) is 95.3 cm³/mol. The Balaban J connectivity index is 0.000000159. The van der Waals surface area contributed by atoms with Gasteiger partial charge in [-0.15, -0.1) is 0 Å². The molecule has 0 aliphatic heterocycles. The number of nitrogens with zero attached hydrogens (tertiary/aromatic N) is 3. The van der Waals surface area contributed by atoms with E-state index in [0.717, 1.165) is 0 Å². The first-order valence-corrected chi connectivity index (χ1v) is 7.78. The highest BCUT2D eigenvalue weighted by Crippen LogP contribution is 2.16. The van der Waals surface area contributed by atoms with Gasteiger partial charge in [0.25, 0.3) is 0 Å². The number of esters is 1. The predicted octanol–water partition coefficient (Wildman–Crippen LogP) is 1.51. The smallest absolute Gasteiger partial charge is 0.308 e. The van der Waals surface area contributed by atoms with Gasteiger partial charge in [-0.25, -0.2) is 4.52 Å². The fourth-order valence-electron chi connectivity index (χ4n) is 2.42. The van der Waals surface area contributed by atoms with Crippen LogP contribution in [0.3, 0.4) is 0 Å². The Labute approximate surface area is 151 Å². The molecule has 0 unspecified atom stereocenters. The fraction of sp³-hybridized carbons (Fsp3) is 0.0556. The van der Waals surface area contributed by atoms with E-state index in [0.29, 0.717) is 40.5 Å². The SMILES string of the molecule is CC(=O)Oc1ccn2ncc(C=O)c2c1.O=Cc1c[nH]n2ccc(=O)cc12. The van der Waals surface area contributed by atoms with Crippen molar-refractivity contribution < 1.29 is 19.1 Å². The number of hydrogen-bond acceptors (Lipinski definition) is 6. The van der Waals surface area contributed by atoms with Crippen molar-refractivity contribution in [2.45, 2.75) is 6.92 Å². The van der Waals surface area contributed by atoms with Crippen LogP contribution in [0.4, 0.5) is 0 Å². The lowest BCUT2D eigenvalue weighted by molar-refractivity contribution is -0.131. The van der Waals surface area contributed by atoms with Crippen molar-refractivity contribution in [3.63, 3.8) is 0 Å². The Kier molecular flexibility index (Phi) is 4.93. The van der Waals surface area contributed by atoms with E-state index in [4.69, 9.17) is 4.74 Å². The zero-order valence-corrected chi connectivity index (χ0v) is 14.2. The van der Waals surface area contributed by atoms with Crippen molar-refractivity contribution in [2.75, 3.05) is 0 Å². The summed E-state index contributed by atoms with van der Waals surface area (Å²) < 4.78 is 8.05. The second kappa shape index (κ2) is 7.48. The van der Waals surface area contributed by atoms with E-state index in [2.05, 4.69) is 10.2 Å². The van der Waals surface area contributed by atoms with Crippen molar-refractivity contribution in [3.05, 3.63) is 70.4 Å². The summed E-state index contributed by atoms with van der Waals surface area (Å²) in [5.74, 6) is 0.00474. The number of nitrogens with one attached hydrogen (secondary N) is 1. The standard InChI is InChI=1S/C10H8N2O3.C8H6N2O2/c1-7(14)15-9-2-3-12-10(4-9)8(6-13)5-11-12;11-5-6-4-9-10-2-1-7(12)3-8(6)10/h2-6H,1H3;1-5,9H. The average Bonchev–Trinajstić information content (AvgIpc) is 3.24. The molecule has 0 saturated carbocycles. The molecule has 0 aromatic carbocycles. The molecule has 9 nitrogen and oxygen atoms in total. The number of carbonyl (C=O) groups is 3. The number of pyridine rings is 2. The Morgan fingerprint density at radius 1 is 1.11 bits per heavy atom. The summed E-state index contributed by atoms with van der Waals surface area (Å²) in [5, 5.41) is 6.77. The van der Waals surface area contributed by atoms with E-state index in [1.54, 1.807) is 35.2 Å². The van der Waals surface area contributed by atoms with Crippen LogP contribution >= 0.6 is 0 Å². The monoisotopic (exact) mass is 366 g/mol. The molecule has 0 aliphatic carbocycles. The Bertz CT molecular complexity index is 1200. The number of aldehydes is 2. The van der Waals surface area contributed by atoms with Gasteiger partial charge in [-0.05, 0) is 6.07 Å². The zero-order chi connectivity index (χ0) is 19.4. The Hall–Kier alpha value is -4.01. The van der Waals surface area contributed by atoms with E-state index in [-0.39, 0.29) is 5.43 Å². The van der Waals surface area contributed by atoms with Crippen LogP contribution in [0.15, 0.2) is 53.8 Å². The largest absolute Gasteiger partial charge is 0.427 e. The van der Waals surface area contributed by atoms with Crippen molar-refractivity contribution in [1.82, 2.24) is 19.2 Å². The highest BCUT2D eigenvalue weighted by molar-refractivity contribution is 5.86. The van der Waals surface area contributed by atoms with Gasteiger partial charge in [-0.1, -0.05) is 0 Å². The van der Waals surface area contributed by atoms with Gasteiger partial charge in [0, 0.05) is 43.7 Å². The van der Waals surface area contributed by atoms with E-state index in [1.807, 2.05) is 0 Å². The molecule has 1 N–H and O–H groups in total. The van der Waals surface area contributed by atoms with Crippen LogP contribution in [-0.4, -0.2) is 37.8 Å². The second-order valence-corrected chi connectivity index (χ2v) is 5.47. The van der Waals surface area contributed by atoms with Crippen LogP contribution in [0, 0.1) is 0 Å². The molecule has 0 atom stereocenters. The van der Waals surface area contributed by atoms with Crippen LogP contribution in [0.25, 0.3) is 11.0 Å². The van der Waals surface area contributed by atoms with Crippen LogP contribution in [0.1, 0.15) is 27.6 Å². The second-order valence-electron chi connectivity index (χ2n) is 5.47. The first-order chi connectivity index (χ1) is 13.0. The third-order valence-electron chi connectivity index (χ3n) is 3.62. The molecule has 4 aromatic heterocycles. The maximum atomic E-state index is 10.9. The summed E-state index contributed by atoms with van der Waals surface area (Å²) in [6, 6.07) is 6.05. The lowest BCUT2D eigenvalue weighted by Gasteiger charge is -2.01. The van der Waals surface area contributed by atoms with Crippen LogP contribution in [-0.2, 0) is 4.79 Å². The summed E-state index contributed by atoms with van der Waals surface area (Å²) in [4.78, 5) is 42.7. The first kappa shape index (κ1) is 17.8. The molecule has 27 heavy (non-hydrogen) atoms. The van der Waals surface area contributed by atoms with Crippen molar-refractivity contribution in [2.24, 2.45) is 0 Å². The van der Waals surface area contributed by atoms with Gasteiger partial charge in [-0.2, -0.15) is 5.10 Å². The summed E-state index contributed by atoms with van der Waals surface area (Å²) in [6.07, 6.45) is 7.65. The molecule has 0 spiro atoms.